The molecular formula is C29H51N7O9. The van der Waals surface area contributed by atoms with E-state index in [1.165, 1.54) is 6.07 Å². The van der Waals surface area contributed by atoms with Gasteiger partial charge in [0.25, 0.3) is 5.56 Å². The number of ether oxygens (including phenoxy) is 3. The molecule has 7 N–H and O–H groups in total. The number of amides is 5. The van der Waals surface area contributed by atoms with E-state index in [1.807, 2.05) is 0 Å². The summed E-state index contributed by atoms with van der Waals surface area (Å²) in [5.41, 5.74) is 0.190. The van der Waals surface area contributed by atoms with Gasteiger partial charge in [0, 0.05) is 64.2 Å². The number of aryl methyl sites for hydroxylation is 1. The van der Waals surface area contributed by atoms with Crippen LogP contribution in [0, 0.1) is 6.92 Å². The Morgan fingerprint density at radius 1 is 0.711 bits per heavy atom. The van der Waals surface area contributed by atoms with E-state index >= 15 is 0 Å². The molecule has 0 aliphatic rings. The molecule has 16 nitrogen and oxygen atoms in total. The Morgan fingerprint density at radius 2 is 1.22 bits per heavy atom. The molecule has 5 amide bonds. The Labute approximate surface area is 264 Å². The monoisotopic (exact) mass is 641 g/mol. The molecule has 0 atom stereocenters. The number of carbonyl (C=O) groups excluding carboxylic acids is 3. The van der Waals surface area contributed by atoms with Crippen LogP contribution in [0.15, 0.2) is 10.9 Å². The van der Waals surface area contributed by atoms with Crippen molar-refractivity contribution in [2.75, 3.05) is 64.5 Å². The smallest absolute Gasteiger partial charge is 0.407 e. The zero-order chi connectivity index (χ0) is 33.0. The lowest BCUT2D eigenvalue weighted by molar-refractivity contribution is -0.138. The number of nitrogens with one attached hydrogen (secondary N) is 6. The number of H-pyrrole nitrogens is 1. The first-order valence-electron chi connectivity index (χ1n) is 15.7. The van der Waals surface area contributed by atoms with E-state index in [4.69, 9.17) is 19.3 Å². The number of aromatic nitrogens is 2. The molecule has 0 bridgehead atoms. The van der Waals surface area contributed by atoms with Crippen molar-refractivity contribution < 1.29 is 38.5 Å². The van der Waals surface area contributed by atoms with Crippen LogP contribution in [0.1, 0.15) is 76.3 Å². The molecule has 0 aliphatic heterocycles. The molecule has 0 aromatic carbocycles. The number of urea groups is 2. The minimum Gasteiger partial charge on any atom is -0.481 e. The molecule has 0 unspecified atom stereocenters. The lowest BCUT2D eigenvalue weighted by Crippen LogP contribution is -2.36. The molecule has 45 heavy (non-hydrogen) atoms. The molecule has 16 heteroatoms. The van der Waals surface area contributed by atoms with Gasteiger partial charge < -0.3 is 40.6 Å². The van der Waals surface area contributed by atoms with Crippen LogP contribution in [0.3, 0.4) is 0 Å². The number of hydrogen-bond acceptors (Lipinski definition) is 9. The fraction of sp³-hybridized carbons (Fsp3) is 0.724. The maximum atomic E-state index is 11.9. The number of unbranched alkanes of at least 4 members (excludes halogenated alkanes) is 6. The second kappa shape index (κ2) is 26.5. The first-order valence-corrected chi connectivity index (χ1v) is 15.7. The summed E-state index contributed by atoms with van der Waals surface area (Å²) in [5.74, 6) is -0.770. The number of carbonyl (C=O) groups is 4. The van der Waals surface area contributed by atoms with Crippen LogP contribution in [-0.2, 0) is 19.0 Å². The molecule has 0 saturated carbocycles. The number of anilines is 1. The van der Waals surface area contributed by atoms with Crippen molar-refractivity contribution in [3.8, 4) is 0 Å². The molecule has 0 aliphatic carbocycles. The average Bonchev–Trinajstić information content (AvgIpc) is 2.97. The van der Waals surface area contributed by atoms with Gasteiger partial charge in [-0.15, -0.1) is 0 Å². The zero-order valence-corrected chi connectivity index (χ0v) is 26.4. The van der Waals surface area contributed by atoms with E-state index < -0.39 is 18.1 Å². The predicted molar refractivity (Wildman–Crippen MR) is 167 cm³/mol. The van der Waals surface area contributed by atoms with Crippen molar-refractivity contribution in [3.05, 3.63) is 22.1 Å². The summed E-state index contributed by atoms with van der Waals surface area (Å²) in [6.07, 6.45) is 7.81. The number of alkyl carbamates (subject to hydrolysis) is 1. The number of nitrogens with zero attached hydrogens (tertiary/aromatic N) is 1. The minimum atomic E-state index is -0.880. The third-order valence-corrected chi connectivity index (χ3v) is 6.14. The first-order chi connectivity index (χ1) is 21.8. The molecule has 1 aromatic rings. The van der Waals surface area contributed by atoms with E-state index in [0.717, 1.165) is 51.4 Å². The second-order valence-corrected chi connectivity index (χ2v) is 10.3. The summed E-state index contributed by atoms with van der Waals surface area (Å²) in [5, 5.41) is 22.1. The molecule has 0 saturated heterocycles. The fourth-order valence-corrected chi connectivity index (χ4v) is 3.86. The van der Waals surface area contributed by atoms with E-state index in [2.05, 4.69) is 36.6 Å². The van der Waals surface area contributed by atoms with Gasteiger partial charge in [0.2, 0.25) is 5.95 Å². The highest BCUT2D eigenvalue weighted by atomic mass is 16.5. The van der Waals surface area contributed by atoms with Gasteiger partial charge in [0.05, 0.1) is 19.6 Å². The summed E-state index contributed by atoms with van der Waals surface area (Å²) >= 11 is 0. The van der Waals surface area contributed by atoms with Gasteiger partial charge in [0.15, 0.2) is 0 Å². The molecule has 1 rings (SSSR count). The number of hydrogen-bond donors (Lipinski definition) is 7. The average molecular weight is 642 g/mol. The van der Waals surface area contributed by atoms with Gasteiger partial charge in [-0.2, -0.15) is 0 Å². The van der Waals surface area contributed by atoms with Gasteiger partial charge in [-0.1, -0.05) is 25.7 Å². The normalized spacial score (nSPS) is 10.6. The van der Waals surface area contributed by atoms with Crippen LogP contribution >= 0.6 is 0 Å². The van der Waals surface area contributed by atoms with E-state index in [1.54, 1.807) is 6.92 Å². The number of aliphatic carboxylic acids is 1. The number of rotatable bonds is 26. The maximum absolute atomic E-state index is 11.9. The summed E-state index contributed by atoms with van der Waals surface area (Å²) in [6.45, 7) is 5.74. The summed E-state index contributed by atoms with van der Waals surface area (Å²) in [6, 6.07) is 0.726. The third kappa shape index (κ3) is 25.1. The molecule has 0 fully saturated rings. The molecule has 256 valence electrons. The Hall–Kier alpha value is -3.92. The van der Waals surface area contributed by atoms with Gasteiger partial charge in [-0.25, -0.2) is 19.4 Å². The SMILES string of the molecule is Cc1cc(=O)[nH]c(NC(=O)NCCCCCCNC(=O)NCCCCCCNC(=O)OCCCOCCCOCCC(=O)O)n1. The Balaban J connectivity index is 1.81. The summed E-state index contributed by atoms with van der Waals surface area (Å²) in [4.78, 5) is 63.7. The van der Waals surface area contributed by atoms with Crippen molar-refractivity contribution in [3.63, 3.8) is 0 Å². The quantitative estimate of drug-likeness (QED) is 0.0733. The van der Waals surface area contributed by atoms with Gasteiger partial charge in [-0.3, -0.25) is 19.9 Å². The lowest BCUT2D eigenvalue weighted by Gasteiger charge is -2.09. The van der Waals surface area contributed by atoms with Gasteiger partial charge >= 0.3 is 24.1 Å². The van der Waals surface area contributed by atoms with Crippen LogP contribution in [0.5, 0.6) is 0 Å². The summed E-state index contributed by atoms with van der Waals surface area (Å²) in [7, 11) is 0. The van der Waals surface area contributed by atoms with Crippen molar-refractivity contribution in [2.45, 2.75) is 77.6 Å². The third-order valence-electron chi connectivity index (χ3n) is 6.14. The van der Waals surface area contributed by atoms with Crippen LogP contribution in [0.2, 0.25) is 0 Å². The number of carboxylic acids is 1. The topological polar surface area (TPSA) is 222 Å². The van der Waals surface area contributed by atoms with Crippen LogP contribution < -0.4 is 32.1 Å². The highest BCUT2D eigenvalue weighted by molar-refractivity contribution is 5.87. The van der Waals surface area contributed by atoms with Crippen molar-refractivity contribution in [2.24, 2.45) is 0 Å². The van der Waals surface area contributed by atoms with Crippen molar-refractivity contribution in [1.82, 2.24) is 31.2 Å². The number of aromatic amines is 1. The molecule has 0 radical (unpaired) electrons. The Morgan fingerprint density at radius 3 is 1.78 bits per heavy atom. The minimum absolute atomic E-state index is 0.00446. The van der Waals surface area contributed by atoms with Gasteiger partial charge in [-0.05, 0) is 39.0 Å². The highest BCUT2D eigenvalue weighted by Gasteiger charge is 2.05. The zero-order valence-electron chi connectivity index (χ0n) is 26.4. The molecular weight excluding hydrogens is 590 g/mol. The maximum Gasteiger partial charge on any atom is 0.407 e. The largest absolute Gasteiger partial charge is 0.481 e. The standard InChI is InChI=1S/C29H51N7O9/c1-23-22-24(37)35-26(34-23)36-28(41)32-15-8-3-2-6-13-30-27(40)31-14-7-4-5-9-16-33-29(42)45-20-11-19-43-17-10-18-44-21-12-25(38)39/h22H,2-21H2,1H3,(H,33,42)(H,38,39)(H2,30,31,40)(H3,32,34,35,36,37,41). The van der Waals surface area contributed by atoms with Crippen LogP contribution in [-0.4, -0.2) is 98.4 Å². The van der Waals surface area contributed by atoms with Crippen molar-refractivity contribution in [1.29, 1.82) is 0 Å². The molecule has 1 aromatic heterocycles. The highest BCUT2D eigenvalue weighted by Crippen LogP contribution is 2.00. The van der Waals surface area contributed by atoms with Gasteiger partial charge in [0.1, 0.15) is 0 Å². The first kappa shape index (κ1) is 39.1. The van der Waals surface area contributed by atoms with Crippen molar-refractivity contribution >= 4 is 30.1 Å². The van der Waals surface area contributed by atoms with E-state index in [0.29, 0.717) is 64.5 Å². The Bertz CT molecular complexity index is 1040. The van der Waals surface area contributed by atoms with E-state index in [-0.39, 0.29) is 37.2 Å². The fourth-order valence-electron chi connectivity index (χ4n) is 3.86. The second-order valence-electron chi connectivity index (χ2n) is 10.3. The van der Waals surface area contributed by atoms with Crippen LogP contribution in [0.4, 0.5) is 20.3 Å². The predicted octanol–water partition coefficient (Wildman–Crippen LogP) is 2.63. The van der Waals surface area contributed by atoms with E-state index in [9.17, 15) is 24.0 Å². The summed E-state index contributed by atoms with van der Waals surface area (Å²) < 4.78 is 15.7. The molecule has 0 spiro atoms. The Kier molecular flexibility index (Phi) is 23.0. The number of carboxylic acid groups (broad SMARTS) is 1. The van der Waals surface area contributed by atoms with Crippen LogP contribution in [0.25, 0.3) is 0 Å². The lowest BCUT2D eigenvalue weighted by atomic mass is 10.2. The molecule has 1 heterocycles.